The molecule has 0 N–H and O–H groups in total. The maximum atomic E-state index is 5.85. The van der Waals surface area contributed by atoms with Gasteiger partial charge < -0.3 is 0 Å². The minimum absolute atomic E-state index is 0.455. The van der Waals surface area contributed by atoms with Crippen LogP contribution in [0, 0.1) is 0 Å². The Labute approximate surface area is 78.6 Å². The van der Waals surface area contributed by atoms with Gasteiger partial charge in [0.25, 0.3) is 0 Å². The van der Waals surface area contributed by atoms with Crippen LogP contribution in [0.25, 0.3) is 11.3 Å². The van der Waals surface area contributed by atoms with Gasteiger partial charge >= 0.3 is 0 Å². The lowest BCUT2D eigenvalue weighted by atomic mass is 10.3. The highest BCUT2D eigenvalue weighted by Crippen LogP contribution is 2.26. The zero-order valence-electron chi connectivity index (χ0n) is 6.36. The second-order valence-corrected chi connectivity index (χ2v) is 3.50. The molecule has 2 aromatic rings. The maximum absolute atomic E-state index is 5.85. The third-order valence-corrected chi connectivity index (χ3v) is 2.52. The highest BCUT2D eigenvalue weighted by atomic mass is 35.5. The van der Waals surface area contributed by atoms with Gasteiger partial charge in [-0.25, -0.2) is 4.68 Å². The molecule has 0 aromatic carbocycles. The predicted molar refractivity (Wildman–Crippen MR) is 49.3 cm³/mol. The lowest BCUT2D eigenvalue weighted by Gasteiger charge is -1.95. The standard InChI is InChI=1S/C7H6ClN3S/c1-11-6(7(8)9-10-11)5-2-3-12-4-5/h2-4H,1H3. The molecule has 62 valence electrons. The van der Waals surface area contributed by atoms with E-state index in [1.165, 1.54) is 0 Å². The zero-order chi connectivity index (χ0) is 8.55. The molecule has 0 saturated carbocycles. The average molecular weight is 200 g/mol. The molecule has 2 aromatic heterocycles. The summed E-state index contributed by atoms with van der Waals surface area (Å²) in [6.45, 7) is 0. The molecule has 0 atom stereocenters. The second-order valence-electron chi connectivity index (χ2n) is 2.36. The van der Waals surface area contributed by atoms with Crippen molar-refractivity contribution in [1.82, 2.24) is 15.0 Å². The fraction of sp³-hybridized carbons (Fsp3) is 0.143. The van der Waals surface area contributed by atoms with Crippen molar-refractivity contribution in [2.75, 3.05) is 0 Å². The van der Waals surface area contributed by atoms with Gasteiger partial charge in [0, 0.05) is 18.0 Å². The van der Waals surface area contributed by atoms with E-state index in [4.69, 9.17) is 11.6 Å². The minimum Gasteiger partial charge on any atom is -0.246 e. The summed E-state index contributed by atoms with van der Waals surface area (Å²) in [4.78, 5) is 0. The van der Waals surface area contributed by atoms with E-state index in [1.807, 2.05) is 23.9 Å². The Hall–Kier alpha value is -0.870. The number of hydrogen-bond donors (Lipinski definition) is 0. The van der Waals surface area contributed by atoms with Gasteiger partial charge in [-0.3, -0.25) is 0 Å². The second kappa shape index (κ2) is 2.88. The molecule has 0 unspecified atom stereocenters. The van der Waals surface area contributed by atoms with Gasteiger partial charge in [-0.1, -0.05) is 16.8 Å². The van der Waals surface area contributed by atoms with E-state index in [-0.39, 0.29) is 0 Å². The van der Waals surface area contributed by atoms with Gasteiger partial charge in [-0.2, -0.15) is 11.3 Å². The van der Waals surface area contributed by atoms with Crippen molar-refractivity contribution < 1.29 is 0 Å². The minimum atomic E-state index is 0.455. The number of aryl methyl sites for hydroxylation is 1. The van der Waals surface area contributed by atoms with E-state index in [9.17, 15) is 0 Å². The predicted octanol–water partition coefficient (Wildman–Crippen LogP) is 2.20. The Morgan fingerprint density at radius 1 is 1.58 bits per heavy atom. The van der Waals surface area contributed by atoms with E-state index >= 15 is 0 Å². The van der Waals surface area contributed by atoms with E-state index in [0.29, 0.717) is 5.15 Å². The van der Waals surface area contributed by atoms with Crippen LogP contribution >= 0.6 is 22.9 Å². The van der Waals surface area contributed by atoms with Gasteiger partial charge in [0.1, 0.15) is 5.69 Å². The Morgan fingerprint density at radius 3 is 2.92 bits per heavy atom. The Balaban J connectivity index is 2.60. The summed E-state index contributed by atoms with van der Waals surface area (Å²) >= 11 is 7.47. The highest BCUT2D eigenvalue weighted by molar-refractivity contribution is 7.08. The van der Waals surface area contributed by atoms with Crippen molar-refractivity contribution in [3.63, 3.8) is 0 Å². The summed E-state index contributed by atoms with van der Waals surface area (Å²) in [5, 5.41) is 12.0. The molecule has 5 heteroatoms. The van der Waals surface area contributed by atoms with Gasteiger partial charge in [-0.15, -0.1) is 5.10 Å². The molecule has 0 saturated heterocycles. The third kappa shape index (κ3) is 1.13. The SMILES string of the molecule is Cn1nnc(Cl)c1-c1ccsc1. The number of aromatic nitrogens is 3. The number of thiophene rings is 1. The molecule has 0 aliphatic rings. The van der Waals surface area contributed by atoms with Crippen LogP contribution in [0.1, 0.15) is 0 Å². The van der Waals surface area contributed by atoms with Crippen LogP contribution in [-0.2, 0) is 7.05 Å². The summed E-state index contributed by atoms with van der Waals surface area (Å²) in [6.07, 6.45) is 0. The Morgan fingerprint density at radius 2 is 2.42 bits per heavy atom. The van der Waals surface area contributed by atoms with E-state index in [0.717, 1.165) is 11.3 Å². The van der Waals surface area contributed by atoms with Crippen LogP contribution < -0.4 is 0 Å². The molecule has 0 spiro atoms. The van der Waals surface area contributed by atoms with Gasteiger partial charge in [0.05, 0.1) is 0 Å². The van der Waals surface area contributed by atoms with E-state index in [1.54, 1.807) is 16.0 Å². The monoisotopic (exact) mass is 199 g/mol. The molecule has 0 fully saturated rings. The van der Waals surface area contributed by atoms with Crippen molar-refractivity contribution in [3.05, 3.63) is 22.0 Å². The Bertz CT molecular complexity index is 360. The first kappa shape index (κ1) is 7.76. The van der Waals surface area contributed by atoms with Crippen LogP contribution in [0.4, 0.5) is 0 Å². The van der Waals surface area contributed by atoms with Gasteiger partial charge in [0.15, 0.2) is 5.15 Å². The molecule has 3 nitrogen and oxygen atoms in total. The van der Waals surface area contributed by atoms with Crippen LogP contribution in [0.15, 0.2) is 16.8 Å². The molecule has 2 heterocycles. The normalized spacial score (nSPS) is 10.5. The molecule has 0 bridgehead atoms. The maximum Gasteiger partial charge on any atom is 0.179 e. The molecule has 2 rings (SSSR count). The number of nitrogens with zero attached hydrogens (tertiary/aromatic N) is 3. The lowest BCUT2D eigenvalue weighted by molar-refractivity contribution is 0.721. The summed E-state index contributed by atoms with van der Waals surface area (Å²) in [5.41, 5.74) is 1.94. The first-order chi connectivity index (χ1) is 5.79. The third-order valence-electron chi connectivity index (χ3n) is 1.58. The highest BCUT2D eigenvalue weighted by Gasteiger charge is 2.10. The topological polar surface area (TPSA) is 30.7 Å². The summed E-state index contributed by atoms with van der Waals surface area (Å²) < 4.78 is 1.67. The smallest absolute Gasteiger partial charge is 0.179 e. The largest absolute Gasteiger partial charge is 0.246 e. The van der Waals surface area contributed by atoms with Crippen LogP contribution in [0.2, 0.25) is 5.15 Å². The van der Waals surface area contributed by atoms with E-state index in [2.05, 4.69) is 10.3 Å². The zero-order valence-corrected chi connectivity index (χ0v) is 7.93. The fourth-order valence-electron chi connectivity index (χ4n) is 1.04. The van der Waals surface area contributed by atoms with Crippen LogP contribution in [-0.4, -0.2) is 15.0 Å². The molecule has 0 radical (unpaired) electrons. The quantitative estimate of drug-likeness (QED) is 0.705. The van der Waals surface area contributed by atoms with E-state index < -0.39 is 0 Å². The number of rotatable bonds is 1. The number of hydrogen-bond acceptors (Lipinski definition) is 3. The molecule has 0 amide bonds. The molecule has 0 aliphatic carbocycles. The van der Waals surface area contributed by atoms with Gasteiger partial charge in [-0.05, 0) is 11.4 Å². The summed E-state index contributed by atoms with van der Waals surface area (Å²) in [5.74, 6) is 0. The molecular formula is C7H6ClN3S. The summed E-state index contributed by atoms with van der Waals surface area (Å²) in [6, 6.07) is 2.00. The summed E-state index contributed by atoms with van der Waals surface area (Å²) in [7, 11) is 1.83. The Kier molecular flexibility index (Phi) is 1.86. The number of halogens is 1. The van der Waals surface area contributed by atoms with Crippen molar-refractivity contribution in [1.29, 1.82) is 0 Å². The lowest BCUT2D eigenvalue weighted by Crippen LogP contribution is -1.92. The van der Waals surface area contributed by atoms with Crippen molar-refractivity contribution >= 4 is 22.9 Å². The molecule has 0 aliphatic heterocycles. The first-order valence-corrected chi connectivity index (χ1v) is 4.69. The van der Waals surface area contributed by atoms with Crippen molar-refractivity contribution in [3.8, 4) is 11.3 Å². The van der Waals surface area contributed by atoms with Crippen LogP contribution in [0.3, 0.4) is 0 Å². The van der Waals surface area contributed by atoms with Crippen molar-refractivity contribution in [2.45, 2.75) is 0 Å². The average Bonchev–Trinajstić information content (AvgIpc) is 2.61. The van der Waals surface area contributed by atoms with Crippen molar-refractivity contribution in [2.24, 2.45) is 7.05 Å². The molecular weight excluding hydrogens is 194 g/mol. The fourth-order valence-corrected chi connectivity index (χ4v) is 1.94. The van der Waals surface area contributed by atoms with Crippen LogP contribution in [0.5, 0.6) is 0 Å². The van der Waals surface area contributed by atoms with Gasteiger partial charge in [0.2, 0.25) is 0 Å². The molecule has 12 heavy (non-hydrogen) atoms. The first-order valence-electron chi connectivity index (χ1n) is 3.37.